The van der Waals surface area contributed by atoms with Crippen LogP contribution in [0.2, 0.25) is 0 Å². The van der Waals surface area contributed by atoms with Gasteiger partial charge >= 0.3 is 0 Å². The van der Waals surface area contributed by atoms with Crippen LogP contribution in [0.4, 0.5) is 0 Å². The van der Waals surface area contributed by atoms with Crippen LogP contribution in [0, 0.1) is 0 Å². The maximum Gasteiger partial charge on any atom is 0.177 e. The summed E-state index contributed by atoms with van der Waals surface area (Å²) in [6.07, 6.45) is 6.95. The molecule has 1 heterocycles. The van der Waals surface area contributed by atoms with Crippen LogP contribution in [0.5, 0.6) is 0 Å². The molecule has 0 bridgehead atoms. The van der Waals surface area contributed by atoms with E-state index in [1.165, 1.54) is 12.3 Å². The molecule has 0 aromatic carbocycles. The van der Waals surface area contributed by atoms with Crippen molar-refractivity contribution in [1.29, 1.82) is 0 Å². The minimum absolute atomic E-state index is 0.00282. The third-order valence-electron chi connectivity index (χ3n) is 1.58. The van der Waals surface area contributed by atoms with Crippen LogP contribution in [-0.4, -0.2) is 25.8 Å². The van der Waals surface area contributed by atoms with Gasteiger partial charge < -0.3 is 0 Å². The van der Waals surface area contributed by atoms with Gasteiger partial charge in [-0.15, -0.1) is 6.58 Å². The maximum atomic E-state index is 11.4. The summed E-state index contributed by atoms with van der Waals surface area (Å²) in [6, 6.07) is 0. The molecule has 0 saturated carbocycles. The molecule has 1 unspecified atom stereocenters. The van der Waals surface area contributed by atoms with Crippen molar-refractivity contribution in [1.82, 2.24) is 0 Å². The molecule has 1 rings (SSSR count). The van der Waals surface area contributed by atoms with Crippen LogP contribution >= 0.6 is 0 Å². The third kappa shape index (κ3) is 2.04. The van der Waals surface area contributed by atoms with E-state index >= 15 is 0 Å². The lowest BCUT2D eigenvalue weighted by Gasteiger charge is -2.11. The van der Waals surface area contributed by atoms with Crippen molar-refractivity contribution in [3.05, 3.63) is 24.8 Å². The van der Waals surface area contributed by atoms with Crippen molar-refractivity contribution < 1.29 is 8.42 Å². The van der Waals surface area contributed by atoms with E-state index in [1.807, 2.05) is 0 Å². The fourth-order valence-corrected chi connectivity index (χ4v) is 2.19. The number of aliphatic imine (C=N–C) groups is 1. The number of hydrogen-bond donors (Lipinski definition) is 0. The number of nitrogens with zero attached hydrogens (tertiary/aromatic N) is 1. The summed E-state index contributed by atoms with van der Waals surface area (Å²) >= 11 is 0. The van der Waals surface area contributed by atoms with E-state index in [0.717, 1.165) is 0 Å². The third-order valence-corrected chi connectivity index (χ3v) is 3.42. The molecule has 1 aliphatic heterocycles. The van der Waals surface area contributed by atoms with Gasteiger partial charge in [-0.05, 0) is 6.08 Å². The molecule has 12 heavy (non-hydrogen) atoms. The predicted molar refractivity (Wildman–Crippen MR) is 50.0 cm³/mol. The molecular formula is C8H11NO2S. The second kappa shape index (κ2) is 3.67. The molecule has 66 valence electrons. The van der Waals surface area contributed by atoms with Gasteiger partial charge in [0.2, 0.25) is 0 Å². The van der Waals surface area contributed by atoms with Crippen molar-refractivity contribution in [2.75, 3.05) is 5.75 Å². The highest BCUT2D eigenvalue weighted by Crippen LogP contribution is 2.12. The van der Waals surface area contributed by atoms with E-state index in [-0.39, 0.29) is 5.75 Å². The van der Waals surface area contributed by atoms with Crippen LogP contribution in [0.1, 0.15) is 6.42 Å². The predicted octanol–water partition coefficient (Wildman–Crippen LogP) is 0.944. The van der Waals surface area contributed by atoms with Crippen molar-refractivity contribution in [2.45, 2.75) is 11.8 Å². The zero-order valence-electron chi connectivity index (χ0n) is 6.68. The van der Waals surface area contributed by atoms with E-state index in [0.29, 0.717) is 6.42 Å². The summed E-state index contributed by atoms with van der Waals surface area (Å²) < 4.78 is 22.7. The topological polar surface area (TPSA) is 46.5 Å². The maximum absolute atomic E-state index is 11.4. The Morgan fingerprint density at radius 3 is 2.92 bits per heavy atom. The monoisotopic (exact) mass is 185 g/mol. The number of allylic oxidation sites excluding steroid dienone is 1. The average Bonchev–Trinajstić information content (AvgIpc) is 2.06. The molecule has 0 aromatic heterocycles. The zero-order chi connectivity index (χ0) is 9.03. The first-order chi connectivity index (χ1) is 5.67. The van der Waals surface area contributed by atoms with E-state index in [9.17, 15) is 8.42 Å². The van der Waals surface area contributed by atoms with Gasteiger partial charge in [0.25, 0.3) is 0 Å². The van der Waals surface area contributed by atoms with Crippen molar-refractivity contribution >= 4 is 16.1 Å². The van der Waals surface area contributed by atoms with Crippen molar-refractivity contribution in [2.24, 2.45) is 4.99 Å². The molecular weight excluding hydrogens is 174 g/mol. The van der Waals surface area contributed by atoms with Gasteiger partial charge in [0.05, 0.1) is 5.75 Å². The minimum Gasteiger partial charge on any atom is -0.273 e. The fourth-order valence-electron chi connectivity index (χ4n) is 0.977. The van der Waals surface area contributed by atoms with Crippen LogP contribution in [-0.2, 0) is 9.84 Å². The Hall–Kier alpha value is -0.900. The quantitative estimate of drug-likeness (QED) is 0.614. The van der Waals surface area contributed by atoms with Gasteiger partial charge in [-0.1, -0.05) is 12.2 Å². The molecule has 0 saturated heterocycles. The molecule has 1 aliphatic rings. The molecule has 0 spiro atoms. The summed E-state index contributed by atoms with van der Waals surface area (Å²) in [5, 5.41) is -0.597. The summed E-state index contributed by atoms with van der Waals surface area (Å²) in [4.78, 5) is 3.87. The van der Waals surface area contributed by atoms with Crippen LogP contribution in [0.25, 0.3) is 0 Å². The molecule has 0 radical (unpaired) electrons. The number of hydrogen-bond acceptors (Lipinski definition) is 3. The first-order valence-corrected chi connectivity index (χ1v) is 5.39. The first-order valence-electron chi connectivity index (χ1n) is 3.67. The first kappa shape index (κ1) is 9.19. The fraction of sp³-hybridized carbons (Fsp3) is 0.375. The zero-order valence-corrected chi connectivity index (χ0v) is 7.50. The molecule has 0 N–H and O–H groups in total. The SMILES string of the molecule is C=CCS(=O)(=O)C1CC=CC=N1. The summed E-state index contributed by atoms with van der Waals surface area (Å²) in [6.45, 7) is 3.39. The highest BCUT2D eigenvalue weighted by molar-refractivity contribution is 7.92. The van der Waals surface area contributed by atoms with Crippen LogP contribution < -0.4 is 0 Å². The smallest absolute Gasteiger partial charge is 0.177 e. The Balaban J connectivity index is 2.76. The largest absolute Gasteiger partial charge is 0.273 e. The van der Waals surface area contributed by atoms with E-state index in [2.05, 4.69) is 11.6 Å². The number of sulfone groups is 1. The van der Waals surface area contributed by atoms with Gasteiger partial charge in [0, 0.05) is 12.6 Å². The second-order valence-electron chi connectivity index (χ2n) is 2.53. The van der Waals surface area contributed by atoms with Gasteiger partial charge in [0.15, 0.2) is 15.2 Å². The molecule has 0 fully saturated rings. The number of rotatable bonds is 3. The molecule has 3 nitrogen and oxygen atoms in total. The second-order valence-corrected chi connectivity index (χ2v) is 4.74. The summed E-state index contributed by atoms with van der Waals surface area (Å²) in [5.74, 6) is 0.00282. The Morgan fingerprint density at radius 2 is 2.42 bits per heavy atom. The van der Waals surface area contributed by atoms with Crippen LogP contribution in [0.3, 0.4) is 0 Å². The van der Waals surface area contributed by atoms with Crippen LogP contribution in [0.15, 0.2) is 29.8 Å². The Morgan fingerprint density at radius 1 is 1.67 bits per heavy atom. The Kier molecular flexibility index (Phi) is 2.81. The Labute approximate surface area is 72.4 Å². The van der Waals surface area contributed by atoms with Gasteiger partial charge in [0.1, 0.15) is 0 Å². The van der Waals surface area contributed by atoms with Gasteiger partial charge in [-0.25, -0.2) is 8.42 Å². The highest BCUT2D eigenvalue weighted by atomic mass is 32.2. The van der Waals surface area contributed by atoms with Crippen molar-refractivity contribution in [3.63, 3.8) is 0 Å². The van der Waals surface area contributed by atoms with Crippen molar-refractivity contribution in [3.8, 4) is 0 Å². The van der Waals surface area contributed by atoms with E-state index < -0.39 is 15.2 Å². The van der Waals surface area contributed by atoms with Gasteiger partial charge in [-0.3, -0.25) is 4.99 Å². The summed E-state index contributed by atoms with van der Waals surface area (Å²) in [5.41, 5.74) is 0. The van der Waals surface area contributed by atoms with Gasteiger partial charge in [-0.2, -0.15) is 0 Å². The standard InChI is InChI=1S/C8H11NO2S/c1-2-7-12(10,11)8-5-3-4-6-9-8/h2-4,6,8H,1,5,7H2. The number of dihydropyridines is 1. The van der Waals surface area contributed by atoms with E-state index in [1.54, 1.807) is 12.2 Å². The average molecular weight is 185 g/mol. The molecule has 4 heteroatoms. The molecule has 1 atom stereocenters. The highest BCUT2D eigenvalue weighted by Gasteiger charge is 2.22. The lowest BCUT2D eigenvalue weighted by Crippen LogP contribution is -2.22. The van der Waals surface area contributed by atoms with E-state index in [4.69, 9.17) is 0 Å². The lowest BCUT2D eigenvalue weighted by molar-refractivity contribution is 0.584. The molecule has 0 amide bonds. The lowest BCUT2D eigenvalue weighted by atomic mass is 10.3. The minimum atomic E-state index is -3.10. The normalized spacial score (nSPS) is 22.5. The summed E-state index contributed by atoms with van der Waals surface area (Å²) in [7, 11) is -3.10. The molecule has 0 aromatic rings. The molecule has 0 aliphatic carbocycles. The Bertz CT molecular complexity index is 314.